The molecule has 0 radical (unpaired) electrons. The van der Waals surface area contributed by atoms with E-state index in [1.165, 1.54) is 6.07 Å². The molecule has 21 heavy (non-hydrogen) atoms. The predicted molar refractivity (Wildman–Crippen MR) is 79.4 cm³/mol. The number of carboxylic acids is 1. The third kappa shape index (κ3) is 5.35. The van der Waals surface area contributed by atoms with Crippen LogP contribution in [0.15, 0.2) is 18.2 Å². The fourth-order valence-corrected chi connectivity index (χ4v) is 2.52. The molecular formula is C13H16ClNO5S. The van der Waals surface area contributed by atoms with Gasteiger partial charge in [0.2, 0.25) is 0 Å². The number of carboxylic acid groups (broad SMARTS) is 1. The lowest BCUT2D eigenvalue weighted by Crippen LogP contribution is -2.42. The Morgan fingerprint density at radius 1 is 1.38 bits per heavy atom. The van der Waals surface area contributed by atoms with Crippen molar-refractivity contribution in [3.05, 3.63) is 34.3 Å². The van der Waals surface area contributed by atoms with Gasteiger partial charge in [-0.25, -0.2) is 13.2 Å². The van der Waals surface area contributed by atoms with Crippen LogP contribution in [0, 0.1) is 6.92 Å². The first-order valence-corrected chi connectivity index (χ1v) is 8.52. The van der Waals surface area contributed by atoms with Crippen molar-refractivity contribution in [2.45, 2.75) is 19.4 Å². The molecular weight excluding hydrogens is 318 g/mol. The van der Waals surface area contributed by atoms with Gasteiger partial charge < -0.3 is 10.4 Å². The summed E-state index contributed by atoms with van der Waals surface area (Å²) in [5, 5.41) is 11.8. The molecule has 1 amide bonds. The van der Waals surface area contributed by atoms with E-state index in [2.05, 4.69) is 5.32 Å². The summed E-state index contributed by atoms with van der Waals surface area (Å²) in [4.78, 5) is 23.2. The van der Waals surface area contributed by atoms with Crippen LogP contribution in [0.2, 0.25) is 5.02 Å². The molecule has 0 bridgehead atoms. The average molecular weight is 334 g/mol. The fraction of sp³-hybridized carbons (Fsp3) is 0.385. The molecule has 0 aliphatic carbocycles. The Hall–Kier alpha value is -1.60. The Kier molecular flexibility index (Phi) is 5.74. The number of sulfone groups is 1. The number of aliphatic carboxylic acids is 1. The summed E-state index contributed by atoms with van der Waals surface area (Å²) in [5.41, 5.74) is 0.789. The third-order valence-corrected chi connectivity index (χ3v) is 4.28. The number of halogens is 1. The first kappa shape index (κ1) is 17.5. The minimum Gasteiger partial charge on any atom is -0.480 e. The van der Waals surface area contributed by atoms with Crippen molar-refractivity contribution in [2.75, 3.05) is 12.0 Å². The van der Waals surface area contributed by atoms with E-state index in [1.807, 2.05) is 0 Å². The van der Waals surface area contributed by atoms with Gasteiger partial charge in [-0.1, -0.05) is 17.7 Å². The van der Waals surface area contributed by atoms with Crippen LogP contribution in [0.5, 0.6) is 0 Å². The molecule has 0 saturated carbocycles. The van der Waals surface area contributed by atoms with Gasteiger partial charge in [-0.2, -0.15) is 0 Å². The summed E-state index contributed by atoms with van der Waals surface area (Å²) in [5.74, 6) is -2.21. The van der Waals surface area contributed by atoms with Crippen LogP contribution in [0.25, 0.3) is 0 Å². The second-order valence-corrected chi connectivity index (χ2v) is 7.36. The van der Waals surface area contributed by atoms with Gasteiger partial charge in [0.15, 0.2) is 0 Å². The van der Waals surface area contributed by atoms with E-state index >= 15 is 0 Å². The molecule has 116 valence electrons. The quantitative estimate of drug-likeness (QED) is 0.816. The summed E-state index contributed by atoms with van der Waals surface area (Å²) in [6.45, 7) is 1.64. The average Bonchev–Trinajstić information content (AvgIpc) is 2.36. The second-order valence-electron chi connectivity index (χ2n) is 4.70. The maximum atomic E-state index is 12.1. The van der Waals surface area contributed by atoms with Gasteiger partial charge in [-0.15, -0.1) is 0 Å². The van der Waals surface area contributed by atoms with Gasteiger partial charge in [-0.3, -0.25) is 4.79 Å². The van der Waals surface area contributed by atoms with Crippen molar-refractivity contribution >= 4 is 33.3 Å². The lowest BCUT2D eigenvalue weighted by molar-refractivity contribution is -0.139. The molecule has 1 aromatic rings. The molecule has 6 nitrogen and oxygen atoms in total. The summed E-state index contributed by atoms with van der Waals surface area (Å²) in [6, 6.07) is 3.44. The number of amides is 1. The Balaban J connectivity index is 2.86. The number of rotatable bonds is 6. The lowest BCUT2D eigenvalue weighted by atomic mass is 10.1. The summed E-state index contributed by atoms with van der Waals surface area (Å²) < 4.78 is 22.2. The van der Waals surface area contributed by atoms with Gasteiger partial charge in [0.25, 0.3) is 5.91 Å². The largest absolute Gasteiger partial charge is 0.480 e. The number of hydrogen-bond donors (Lipinski definition) is 2. The molecule has 0 aliphatic rings. The molecule has 1 rings (SSSR count). The van der Waals surface area contributed by atoms with Crippen molar-refractivity contribution < 1.29 is 23.1 Å². The van der Waals surface area contributed by atoms with Crippen LogP contribution in [-0.2, 0) is 14.6 Å². The maximum absolute atomic E-state index is 12.1. The number of carbonyl (C=O) groups is 2. The van der Waals surface area contributed by atoms with E-state index in [-0.39, 0.29) is 17.7 Å². The van der Waals surface area contributed by atoms with Gasteiger partial charge in [0.1, 0.15) is 15.9 Å². The molecule has 1 aromatic carbocycles. The van der Waals surface area contributed by atoms with E-state index in [0.29, 0.717) is 10.6 Å². The molecule has 1 unspecified atom stereocenters. The van der Waals surface area contributed by atoms with Gasteiger partial charge in [-0.05, 0) is 31.0 Å². The van der Waals surface area contributed by atoms with Crippen molar-refractivity contribution in [1.29, 1.82) is 0 Å². The zero-order valence-corrected chi connectivity index (χ0v) is 13.2. The van der Waals surface area contributed by atoms with Crippen molar-refractivity contribution in [1.82, 2.24) is 5.32 Å². The molecule has 0 fully saturated rings. The molecule has 0 saturated heterocycles. The standard InChI is InChI=1S/C13H16ClNO5S/c1-8-9(4-3-5-10(8)14)12(16)15-11(13(17)18)6-7-21(2,19)20/h3-5,11H,6-7H2,1-2H3,(H,15,16)(H,17,18). The molecule has 1 atom stereocenters. The van der Waals surface area contributed by atoms with Gasteiger partial charge in [0.05, 0.1) is 5.75 Å². The van der Waals surface area contributed by atoms with Crippen molar-refractivity contribution in [3.8, 4) is 0 Å². The normalized spacial score (nSPS) is 12.7. The number of hydrogen-bond acceptors (Lipinski definition) is 4. The number of carbonyl (C=O) groups excluding carboxylic acids is 1. The fourth-order valence-electron chi connectivity index (χ4n) is 1.68. The van der Waals surface area contributed by atoms with Crippen molar-refractivity contribution in [3.63, 3.8) is 0 Å². The lowest BCUT2D eigenvalue weighted by Gasteiger charge is -2.15. The molecule has 8 heteroatoms. The molecule has 0 heterocycles. The molecule has 0 aliphatic heterocycles. The van der Waals surface area contributed by atoms with Gasteiger partial charge in [0, 0.05) is 16.8 Å². The molecule has 2 N–H and O–H groups in total. The van der Waals surface area contributed by atoms with Crippen LogP contribution in [0.3, 0.4) is 0 Å². The number of nitrogens with one attached hydrogen (secondary N) is 1. The van der Waals surface area contributed by atoms with Crippen LogP contribution >= 0.6 is 11.6 Å². The maximum Gasteiger partial charge on any atom is 0.326 e. The first-order valence-electron chi connectivity index (χ1n) is 6.08. The smallest absolute Gasteiger partial charge is 0.326 e. The van der Waals surface area contributed by atoms with E-state index in [9.17, 15) is 18.0 Å². The highest BCUT2D eigenvalue weighted by molar-refractivity contribution is 7.90. The molecule has 0 spiro atoms. The van der Waals surface area contributed by atoms with Crippen LogP contribution in [-0.4, -0.2) is 43.5 Å². The van der Waals surface area contributed by atoms with E-state index in [4.69, 9.17) is 16.7 Å². The summed E-state index contributed by atoms with van der Waals surface area (Å²) in [6.07, 6.45) is 0.814. The Labute approximate surface area is 128 Å². The highest BCUT2D eigenvalue weighted by Crippen LogP contribution is 2.18. The predicted octanol–water partition coefficient (Wildman–Crippen LogP) is 1.27. The molecule has 0 aromatic heterocycles. The van der Waals surface area contributed by atoms with E-state index in [1.54, 1.807) is 19.1 Å². The third-order valence-electron chi connectivity index (χ3n) is 2.89. The minimum absolute atomic E-state index is 0.195. The van der Waals surface area contributed by atoms with E-state index in [0.717, 1.165) is 6.26 Å². The zero-order chi connectivity index (χ0) is 16.2. The Bertz CT molecular complexity index is 657. The van der Waals surface area contributed by atoms with Crippen LogP contribution < -0.4 is 5.32 Å². The Morgan fingerprint density at radius 3 is 2.52 bits per heavy atom. The second kappa shape index (κ2) is 6.91. The Morgan fingerprint density at radius 2 is 2.00 bits per heavy atom. The van der Waals surface area contributed by atoms with Crippen LogP contribution in [0.4, 0.5) is 0 Å². The minimum atomic E-state index is -3.30. The number of benzene rings is 1. The topological polar surface area (TPSA) is 101 Å². The van der Waals surface area contributed by atoms with Crippen molar-refractivity contribution in [2.24, 2.45) is 0 Å². The first-order chi connectivity index (χ1) is 9.61. The highest BCUT2D eigenvalue weighted by atomic mass is 35.5. The van der Waals surface area contributed by atoms with Crippen LogP contribution in [0.1, 0.15) is 22.3 Å². The SMILES string of the molecule is Cc1c(Cl)cccc1C(=O)NC(CCS(C)(=O)=O)C(=O)O. The summed E-state index contributed by atoms with van der Waals surface area (Å²) in [7, 11) is -3.30. The van der Waals surface area contributed by atoms with Gasteiger partial charge >= 0.3 is 5.97 Å². The summed E-state index contributed by atoms with van der Waals surface area (Å²) >= 11 is 5.90. The zero-order valence-electron chi connectivity index (χ0n) is 11.6. The highest BCUT2D eigenvalue weighted by Gasteiger charge is 2.23. The monoisotopic (exact) mass is 333 g/mol. The van der Waals surface area contributed by atoms with E-state index < -0.39 is 27.8 Å².